The van der Waals surface area contributed by atoms with Gasteiger partial charge in [0.2, 0.25) is 0 Å². The minimum Gasteiger partial charge on any atom is -0.160 e. The lowest BCUT2D eigenvalue weighted by atomic mass is 10.0. The van der Waals surface area contributed by atoms with Crippen LogP contribution in [0.25, 0.3) is 0 Å². The summed E-state index contributed by atoms with van der Waals surface area (Å²) in [6.45, 7) is 4.16. The molecule has 0 bridgehead atoms. The SMILES string of the molecule is CC(C)Cc1ccc(SC(F)(F)F)cc1. The number of benzene rings is 1. The molecule has 0 aromatic heterocycles. The first-order valence-corrected chi connectivity index (χ1v) is 5.53. The molecule has 0 fully saturated rings. The van der Waals surface area contributed by atoms with Crippen LogP contribution in [0, 0.1) is 5.92 Å². The van der Waals surface area contributed by atoms with Crippen molar-refractivity contribution in [2.75, 3.05) is 0 Å². The van der Waals surface area contributed by atoms with Gasteiger partial charge in [-0.3, -0.25) is 0 Å². The molecule has 0 unspecified atom stereocenters. The summed E-state index contributed by atoms with van der Waals surface area (Å²) in [6.07, 6.45) is 0.900. The van der Waals surface area contributed by atoms with Gasteiger partial charge in [0.1, 0.15) is 0 Å². The van der Waals surface area contributed by atoms with E-state index in [-0.39, 0.29) is 16.7 Å². The van der Waals surface area contributed by atoms with Crippen molar-refractivity contribution in [3.8, 4) is 0 Å². The van der Waals surface area contributed by atoms with E-state index in [1.165, 1.54) is 12.1 Å². The first kappa shape index (κ1) is 12.4. The molecular weight excluding hydrogens is 221 g/mol. The summed E-state index contributed by atoms with van der Waals surface area (Å²) in [5.74, 6) is 0.520. The lowest BCUT2D eigenvalue weighted by molar-refractivity contribution is -0.0328. The molecule has 0 nitrogen and oxygen atoms in total. The Hall–Kier alpha value is -0.640. The number of hydrogen-bond acceptors (Lipinski definition) is 1. The van der Waals surface area contributed by atoms with Crippen LogP contribution in [0.15, 0.2) is 29.2 Å². The second kappa shape index (κ2) is 4.92. The molecule has 0 aliphatic carbocycles. The van der Waals surface area contributed by atoms with Gasteiger partial charge in [-0.2, -0.15) is 13.2 Å². The van der Waals surface area contributed by atoms with Gasteiger partial charge >= 0.3 is 5.51 Å². The highest BCUT2D eigenvalue weighted by molar-refractivity contribution is 8.00. The highest BCUT2D eigenvalue weighted by Gasteiger charge is 2.28. The monoisotopic (exact) mass is 234 g/mol. The summed E-state index contributed by atoms with van der Waals surface area (Å²) in [5, 5.41) is 0. The number of thioether (sulfide) groups is 1. The standard InChI is InChI=1S/C11H13F3S/c1-8(2)7-9-3-5-10(6-4-9)15-11(12,13)14/h3-6,8H,7H2,1-2H3. The number of rotatable bonds is 3. The Balaban J connectivity index is 2.64. The molecule has 15 heavy (non-hydrogen) atoms. The fraction of sp³-hybridized carbons (Fsp3) is 0.455. The van der Waals surface area contributed by atoms with Crippen LogP contribution in [-0.4, -0.2) is 5.51 Å². The Morgan fingerprint density at radius 3 is 2.07 bits per heavy atom. The van der Waals surface area contributed by atoms with E-state index in [1.54, 1.807) is 12.1 Å². The summed E-state index contributed by atoms with van der Waals surface area (Å²) in [7, 11) is 0. The molecular formula is C11H13F3S. The summed E-state index contributed by atoms with van der Waals surface area (Å²) >= 11 is -0.0717. The van der Waals surface area contributed by atoms with Crippen molar-refractivity contribution in [2.24, 2.45) is 5.92 Å². The summed E-state index contributed by atoms with van der Waals surface area (Å²) < 4.78 is 36.0. The summed E-state index contributed by atoms with van der Waals surface area (Å²) in [6, 6.07) is 6.56. The highest BCUT2D eigenvalue weighted by atomic mass is 32.2. The Morgan fingerprint density at radius 1 is 1.13 bits per heavy atom. The number of hydrogen-bond donors (Lipinski definition) is 0. The van der Waals surface area contributed by atoms with E-state index >= 15 is 0 Å². The van der Waals surface area contributed by atoms with Gasteiger partial charge in [0.05, 0.1) is 0 Å². The Bertz CT molecular complexity index is 301. The largest absolute Gasteiger partial charge is 0.446 e. The van der Waals surface area contributed by atoms with Gasteiger partial charge in [-0.25, -0.2) is 0 Å². The molecule has 84 valence electrons. The first-order valence-electron chi connectivity index (χ1n) is 4.71. The third-order valence-electron chi connectivity index (χ3n) is 1.80. The van der Waals surface area contributed by atoms with Gasteiger partial charge in [-0.15, -0.1) is 0 Å². The van der Waals surface area contributed by atoms with Crippen LogP contribution >= 0.6 is 11.8 Å². The van der Waals surface area contributed by atoms with E-state index in [9.17, 15) is 13.2 Å². The zero-order valence-corrected chi connectivity index (χ0v) is 9.45. The van der Waals surface area contributed by atoms with Crippen molar-refractivity contribution >= 4 is 11.8 Å². The van der Waals surface area contributed by atoms with Crippen LogP contribution in [-0.2, 0) is 6.42 Å². The Kier molecular flexibility index (Phi) is 4.08. The van der Waals surface area contributed by atoms with Gasteiger partial charge in [0, 0.05) is 4.90 Å². The molecule has 0 amide bonds. The Morgan fingerprint density at radius 2 is 1.67 bits per heavy atom. The van der Waals surface area contributed by atoms with Gasteiger partial charge in [-0.1, -0.05) is 26.0 Å². The van der Waals surface area contributed by atoms with Gasteiger partial charge in [0.25, 0.3) is 0 Å². The molecule has 0 atom stereocenters. The lowest BCUT2D eigenvalue weighted by Gasteiger charge is -2.07. The molecule has 0 saturated carbocycles. The quantitative estimate of drug-likeness (QED) is 0.694. The average Bonchev–Trinajstić information content (AvgIpc) is 2.05. The van der Waals surface area contributed by atoms with Crippen LogP contribution in [0.1, 0.15) is 19.4 Å². The molecule has 1 aromatic carbocycles. The minimum atomic E-state index is -4.19. The van der Waals surface area contributed by atoms with E-state index in [0.717, 1.165) is 12.0 Å². The second-order valence-electron chi connectivity index (χ2n) is 3.79. The molecule has 0 aliphatic rings. The molecule has 0 saturated heterocycles. The van der Waals surface area contributed by atoms with E-state index in [0.29, 0.717) is 5.92 Å². The van der Waals surface area contributed by atoms with E-state index in [2.05, 4.69) is 13.8 Å². The molecule has 0 aliphatic heterocycles. The van der Waals surface area contributed by atoms with Crippen molar-refractivity contribution in [1.82, 2.24) is 0 Å². The maximum atomic E-state index is 12.0. The van der Waals surface area contributed by atoms with E-state index in [4.69, 9.17) is 0 Å². The van der Waals surface area contributed by atoms with Crippen LogP contribution in [0.4, 0.5) is 13.2 Å². The van der Waals surface area contributed by atoms with Crippen LogP contribution < -0.4 is 0 Å². The molecule has 1 aromatic rings. The average molecular weight is 234 g/mol. The minimum absolute atomic E-state index is 0.0717. The molecule has 0 radical (unpaired) electrons. The maximum Gasteiger partial charge on any atom is 0.446 e. The van der Waals surface area contributed by atoms with E-state index < -0.39 is 5.51 Å². The zero-order valence-electron chi connectivity index (χ0n) is 8.64. The number of halogens is 3. The third-order valence-corrected chi connectivity index (χ3v) is 2.54. The predicted octanol–water partition coefficient (Wildman–Crippen LogP) is 4.50. The molecule has 1 rings (SSSR count). The molecule has 0 N–H and O–H groups in total. The normalized spacial score (nSPS) is 12.1. The maximum absolute atomic E-state index is 12.0. The van der Waals surface area contributed by atoms with Gasteiger partial charge in [-0.05, 0) is 41.8 Å². The summed E-state index contributed by atoms with van der Waals surface area (Å²) in [4.78, 5) is 0.245. The van der Waals surface area contributed by atoms with Crippen molar-refractivity contribution in [3.05, 3.63) is 29.8 Å². The van der Waals surface area contributed by atoms with Crippen LogP contribution in [0.3, 0.4) is 0 Å². The van der Waals surface area contributed by atoms with Crippen LogP contribution in [0.5, 0.6) is 0 Å². The number of alkyl halides is 3. The van der Waals surface area contributed by atoms with Crippen LogP contribution in [0.2, 0.25) is 0 Å². The summed E-state index contributed by atoms with van der Waals surface area (Å²) in [5.41, 5.74) is -3.11. The fourth-order valence-electron chi connectivity index (χ4n) is 1.30. The van der Waals surface area contributed by atoms with Crippen molar-refractivity contribution in [2.45, 2.75) is 30.7 Å². The first-order chi connectivity index (χ1) is 6.87. The molecule has 4 heteroatoms. The van der Waals surface area contributed by atoms with Gasteiger partial charge in [0.15, 0.2) is 0 Å². The molecule has 0 heterocycles. The lowest BCUT2D eigenvalue weighted by Crippen LogP contribution is -1.99. The Labute approximate surface area is 91.9 Å². The van der Waals surface area contributed by atoms with Crippen molar-refractivity contribution < 1.29 is 13.2 Å². The zero-order chi connectivity index (χ0) is 11.5. The van der Waals surface area contributed by atoms with E-state index in [1.807, 2.05) is 0 Å². The third kappa shape index (κ3) is 5.11. The predicted molar refractivity (Wildman–Crippen MR) is 56.9 cm³/mol. The topological polar surface area (TPSA) is 0 Å². The molecule has 0 spiro atoms. The second-order valence-corrected chi connectivity index (χ2v) is 4.93. The fourth-order valence-corrected chi connectivity index (χ4v) is 1.84. The van der Waals surface area contributed by atoms with Gasteiger partial charge < -0.3 is 0 Å². The van der Waals surface area contributed by atoms with Crippen molar-refractivity contribution in [3.63, 3.8) is 0 Å². The smallest absolute Gasteiger partial charge is 0.160 e. The highest BCUT2D eigenvalue weighted by Crippen LogP contribution is 2.36. The van der Waals surface area contributed by atoms with Crippen molar-refractivity contribution in [1.29, 1.82) is 0 Å².